The van der Waals surface area contributed by atoms with Crippen LogP contribution in [0.2, 0.25) is 0 Å². The Balaban J connectivity index is 0.00000341. The van der Waals surface area contributed by atoms with Gasteiger partial charge in [-0.2, -0.15) is 0 Å². The van der Waals surface area contributed by atoms with Gasteiger partial charge in [0.1, 0.15) is 23.2 Å². The van der Waals surface area contributed by atoms with Gasteiger partial charge in [-0.3, -0.25) is 0 Å². The van der Waals surface area contributed by atoms with Gasteiger partial charge in [0.25, 0.3) is 0 Å². The highest BCUT2D eigenvalue weighted by Gasteiger charge is 2.43. The predicted octanol–water partition coefficient (Wildman–Crippen LogP) is 4.12. The molecule has 0 aliphatic heterocycles. The minimum atomic E-state index is -1.73. The van der Waals surface area contributed by atoms with Gasteiger partial charge in [0.15, 0.2) is 0 Å². The van der Waals surface area contributed by atoms with Crippen LogP contribution in [-0.2, 0) is 0 Å². The molecule has 3 aromatic carbocycles. The summed E-state index contributed by atoms with van der Waals surface area (Å²) in [6.07, 6.45) is 13.4. The standard InChI is InChI=1S/C28H33ClP.HI/c29-24-16-5-3-1-2-4-6-17-25-30(26-18-10-7-11-19-26,27-20-12-8-13-21-27)28-22-14-9-15-23-28;/h6-15,17-23H,1-5,16,24-25H2;1H/q+1;/p-1. The number of halogens is 2. The molecule has 0 aliphatic carbocycles. The van der Waals surface area contributed by atoms with E-state index in [4.69, 9.17) is 11.6 Å². The quantitative estimate of drug-likeness (QED) is 0.102. The molecule has 0 heterocycles. The lowest BCUT2D eigenvalue weighted by Gasteiger charge is -2.26. The van der Waals surface area contributed by atoms with E-state index in [1.807, 2.05) is 0 Å². The maximum atomic E-state index is 5.77. The predicted molar refractivity (Wildman–Crippen MR) is 138 cm³/mol. The van der Waals surface area contributed by atoms with Crippen molar-refractivity contribution in [3.63, 3.8) is 0 Å². The molecule has 0 N–H and O–H groups in total. The van der Waals surface area contributed by atoms with Crippen LogP contribution in [0.5, 0.6) is 0 Å². The van der Waals surface area contributed by atoms with Crippen LogP contribution >= 0.6 is 18.9 Å². The Morgan fingerprint density at radius 3 is 1.42 bits per heavy atom. The zero-order valence-corrected chi connectivity index (χ0v) is 22.0. The molecule has 3 rings (SSSR count). The lowest BCUT2D eigenvalue weighted by molar-refractivity contribution is -0.00000588. The van der Waals surface area contributed by atoms with Crippen molar-refractivity contribution in [2.75, 3.05) is 12.0 Å². The van der Waals surface area contributed by atoms with Gasteiger partial charge in [0, 0.05) is 5.88 Å². The molecule has 0 nitrogen and oxygen atoms in total. The first-order valence-electron chi connectivity index (χ1n) is 11.1. The van der Waals surface area contributed by atoms with Crippen LogP contribution in [0.4, 0.5) is 0 Å². The second-order valence-corrected chi connectivity index (χ2v) is 11.6. The molecule has 0 saturated heterocycles. The van der Waals surface area contributed by atoms with Gasteiger partial charge in [-0.25, -0.2) is 0 Å². The molecule has 0 bridgehead atoms. The van der Waals surface area contributed by atoms with Gasteiger partial charge in [0.05, 0.1) is 6.16 Å². The molecule has 0 aliphatic rings. The Hall–Kier alpha value is -1.15. The molecule has 0 unspecified atom stereocenters. The largest absolute Gasteiger partial charge is 1.00 e. The van der Waals surface area contributed by atoms with Crippen LogP contribution in [0, 0.1) is 0 Å². The number of hydrogen-bond acceptors (Lipinski definition) is 0. The summed E-state index contributed by atoms with van der Waals surface area (Å²) in [4.78, 5) is 0. The summed E-state index contributed by atoms with van der Waals surface area (Å²) in [6.45, 7) is 0. The molecule has 164 valence electrons. The van der Waals surface area contributed by atoms with Crippen LogP contribution < -0.4 is 39.9 Å². The number of alkyl halides is 1. The molecule has 0 spiro atoms. The van der Waals surface area contributed by atoms with Crippen molar-refractivity contribution >= 4 is 34.8 Å². The molecule has 31 heavy (non-hydrogen) atoms. The Morgan fingerprint density at radius 2 is 0.968 bits per heavy atom. The van der Waals surface area contributed by atoms with E-state index in [2.05, 4.69) is 103 Å². The third-order valence-corrected chi connectivity index (χ3v) is 10.2. The summed E-state index contributed by atoms with van der Waals surface area (Å²) in [6, 6.07) is 33.4. The first kappa shape index (κ1) is 26.1. The lowest BCUT2D eigenvalue weighted by atomic mass is 10.1. The first-order valence-corrected chi connectivity index (χ1v) is 13.6. The fraction of sp³-hybridized carbons (Fsp3) is 0.286. The van der Waals surface area contributed by atoms with Crippen LogP contribution in [0.1, 0.15) is 38.5 Å². The Labute approximate surface area is 211 Å². The van der Waals surface area contributed by atoms with E-state index in [9.17, 15) is 0 Å². The van der Waals surface area contributed by atoms with Gasteiger partial charge in [-0.1, -0.05) is 86.0 Å². The van der Waals surface area contributed by atoms with Crippen molar-refractivity contribution < 1.29 is 24.0 Å². The minimum Gasteiger partial charge on any atom is -1.00 e. The van der Waals surface area contributed by atoms with Gasteiger partial charge < -0.3 is 24.0 Å². The minimum absolute atomic E-state index is 0. The lowest BCUT2D eigenvalue weighted by Crippen LogP contribution is -3.00. The van der Waals surface area contributed by atoms with Gasteiger partial charge in [0.2, 0.25) is 0 Å². The Bertz CT molecular complexity index is 769. The van der Waals surface area contributed by atoms with Crippen molar-refractivity contribution in [3.05, 3.63) is 103 Å². The van der Waals surface area contributed by atoms with Crippen LogP contribution in [0.15, 0.2) is 103 Å². The Kier molecular flexibility index (Phi) is 12.5. The monoisotopic (exact) mass is 562 g/mol. The van der Waals surface area contributed by atoms with Crippen molar-refractivity contribution in [3.8, 4) is 0 Å². The van der Waals surface area contributed by atoms with E-state index < -0.39 is 7.26 Å². The van der Waals surface area contributed by atoms with E-state index in [0.29, 0.717) is 0 Å². The van der Waals surface area contributed by atoms with E-state index in [1.54, 1.807) is 0 Å². The van der Waals surface area contributed by atoms with Crippen molar-refractivity contribution in [2.24, 2.45) is 0 Å². The van der Waals surface area contributed by atoms with Crippen LogP contribution in [0.25, 0.3) is 0 Å². The fourth-order valence-electron chi connectivity index (χ4n) is 4.05. The third kappa shape index (κ3) is 7.45. The Morgan fingerprint density at radius 1 is 0.548 bits per heavy atom. The maximum Gasteiger partial charge on any atom is 0.115 e. The number of allylic oxidation sites excluding steroid dienone is 2. The van der Waals surface area contributed by atoms with E-state index in [-0.39, 0.29) is 24.0 Å². The molecule has 3 aromatic rings. The topological polar surface area (TPSA) is 0 Å². The number of benzene rings is 3. The molecular formula is C28H33ClIP. The number of unbranched alkanes of at least 4 members (excludes halogenated alkanes) is 5. The summed E-state index contributed by atoms with van der Waals surface area (Å²) >= 11 is 5.77. The summed E-state index contributed by atoms with van der Waals surface area (Å²) in [5, 5.41) is 4.36. The molecule has 0 amide bonds. The smallest absolute Gasteiger partial charge is 0.115 e. The highest BCUT2D eigenvalue weighted by atomic mass is 127. The highest BCUT2D eigenvalue weighted by Crippen LogP contribution is 2.55. The summed E-state index contributed by atoms with van der Waals surface area (Å²) in [5.41, 5.74) is 0. The number of hydrogen-bond donors (Lipinski definition) is 0. The van der Waals surface area contributed by atoms with Crippen LogP contribution in [0.3, 0.4) is 0 Å². The second-order valence-electron chi connectivity index (χ2n) is 7.72. The average Bonchev–Trinajstić information content (AvgIpc) is 2.82. The molecule has 0 aromatic heterocycles. The fourth-order valence-corrected chi connectivity index (χ4v) is 8.27. The SMILES string of the molecule is ClCCCCCCCC=CC[P+](c1ccccc1)(c1ccccc1)c1ccccc1.[I-]. The molecule has 0 radical (unpaired) electrons. The van der Waals surface area contributed by atoms with Gasteiger partial charge >= 0.3 is 0 Å². The average molecular weight is 563 g/mol. The normalized spacial score (nSPS) is 11.4. The molecular weight excluding hydrogens is 530 g/mol. The first-order chi connectivity index (χ1) is 14.9. The highest BCUT2D eigenvalue weighted by molar-refractivity contribution is 7.95. The third-order valence-electron chi connectivity index (χ3n) is 5.64. The summed E-state index contributed by atoms with van der Waals surface area (Å²) in [7, 11) is -1.73. The van der Waals surface area contributed by atoms with Gasteiger partial charge in [-0.05, 0) is 55.7 Å². The molecule has 0 atom stereocenters. The van der Waals surface area contributed by atoms with Crippen molar-refractivity contribution in [1.29, 1.82) is 0 Å². The van der Waals surface area contributed by atoms with E-state index >= 15 is 0 Å². The number of rotatable bonds is 12. The van der Waals surface area contributed by atoms with Crippen LogP contribution in [-0.4, -0.2) is 12.0 Å². The van der Waals surface area contributed by atoms with Gasteiger partial charge in [-0.15, -0.1) is 11.6 Å². The maximum absolute atomic E-state index is 5.77. The van der Waals surface area contributed by atoms with Crippen molar-refractivity contribution in [2.45, 2.75) is 38.5 Å². The molecule has 0 fully saturated rings. The van der Waals surface area contributed by atoms with E-state index in [1.165, 1.54) is 48.0 Å². The van der Waals surface area contributed by atoms with E-state index in [0.717, 1.165) is 18.5 Å². The zero-order valence-electron chi connectivity index (χ0n) is 18.2. The molecule has 3 heteroatoms. The summed E-state index contributed by atoms with van der Waals surface area (Å²) < 4.78 is 0. The van der Waals surface area contributed by atoms with Crippen molar-refractivity contribution in [1.82, 2.24) is 0 Å². The molecule has 0 saturated carbocycles. The second kappa shape index (κ2) is 14.8. The summed E-state index contributed by atoms with van der Waals surface area (Å²) in [5.74, 6) is 0.796. The zero-order chi connectivity index (χ0) is 20.9.